The van der Waals surface area contributed by atoms with Crippen molar-refractivity contribution >= 4 is 18.0 Å². The van der Waals surface area contributed by atoms with Crippen molar-refractivity contribution in [3.63, 3.8) is 0 Å². The quantitative estimate of drug-likeness (QED) is 0.452. The number of carboxylic acid groups (broad SMARTS) is 1. The summed E-state index contributed by atoms with van der Waals surface area (Å²) in [4.78, 5) is 36.2. The summed E-state index contributed by atoms with van der Waals surface area (Å²) < 4.78 is 10.5. The second kappa shape index (κ2) is 11.4. The fourth-order valence-corrected chi connectivity index (χ4v) is 4.93. The normalized spacial score (nSPS) is 16.4. The number of carbonyl (C=O) groups excluding carboxylic acids is 2. The summed E-state index contributed by atoms with van der Waals surface area (Å²) in [6, 6.07) is 16.0. The molecule has 35 heavy (non-hydrogen) atoms. The number of ether oxygens (including phenoxy) is 2. The van der Waals surface area contributed by atoms with Crippen molar-refractivity contribution in [1.82, 2.24) is 10.6 Å². The molecule has 2 aliphatic carbocycles. The molecule has 2 amide bonds. The first kappa shape index (κ1) is 24.7. The monoisotopic (exact) mass is 480 g/mol. The molecule has 0 aliphatic heterocycles. The molecule has 2 aliphatic rings. The molecular weight excluding hydrogens is 448 g/mol. The lowest BCUT2D eigenvalue weighted by atomic mass is 9.78. The summed E-state index contributed by atoms with van der Waals surface area (Å²) in [6.45, 7) is 0.406. The number of amides is 2. The van der Waals surface area contributed by atoms with E-state index in [2.05, 4.69) is 34.9 Å². The Bertz CT molecular complexity index is 1020. The van der Waals surface area contributed by atoms with Gasteiger partial charge in [-0.1, -0.05) is 55.0 Å². The Labute approximate surface area is 205 Å². The standard InChI is InChI=1S/C27H32N2O6/c1-34-24(26(31)32)13-14-28-25(30)15-23(17-7-6-8-17)29-27(33)35-16-22-20-11-4-2-9-18(20)19-10-3-5-12-21(19)22/h2-5,9-12,17,22-24H,6-8,13-16H2,1H3,(H,28,30)(H,29,33)(H,31,32). The van der Waals surface area contributed by atoms with E-state index >= 15 is 0 Å². The van der Waals surface area contributed by atoms with Crippen molar-refractivity contribution < 1.29 is 29.0 Å². The molecular formula is C27H32N2O6. The lowest BCUT2D eigenvalue weighted by molar-refractivity contribution is -0.149. The van der Waals surface area contributed by atoms with E-state index in [0.29, 0.717) is 0 Å². The number of rotatable bonds is 11. The second-order valence-corrected chi connectivity index (χ2v) is 9.17. The first-order valence-corrected chi connectivity index (χ1v) is 12.1. The summed E-state index contributed by atoms with van der Waals surface area (Å²) in [5.74, 6) is -1.10. The summed E-state index contributed by atoms with van der Waals surface area (Å²) >= 11 is 0. The highest BCUT2D eigenvalue weighted by molar-refractivity contribution is 5.80. The molecule has 0 saturated heterocycles. The fraction of sp³-hybridized carbons (Fsp3) is 0.444. The van der Waals surface area contributed by atoms with Gasteiger partial charge in [-0.05, 0) is 41.0 Å². The Morgan fingerprint density at radius 2 is 1.66 bits per heavy atom. The smallest absolute Gasteiger partial charge is 0.407 e. The van der Waals surface area contributed by atoms with Crippen molar-refractivity contribution in [1.29, 1.82) is 0 Å². The Morgan fingerprint density at radius 3 is 2.20 bits per heavy atom. The third-order valence-electron chi connectivity index (χ3n) is 7.06. The van der Waals surface area contributed by atoms with Crippen LogP contribution >= 0.6 is 0 Å². The zero-order valence-corrected chi connectivity index (χ0v) is 19.9. The summed E-state index contributed by atoms with van der Waals surface area (Å²) in [6.07, 6.45) is 1.78. The molecule has 0 bridgehead atoms. The number of alkyl carbamates (subject to hydrolysis) is 1. The van der Waals surface area contributed by atoms with Crippen LogP contribution in [0, 0.1) is 5.92 Å². The third kappa shape index (κ3) is 5.82. The molecule has 8 heteroatoms. The average molecular weight is 481 g/mol. The van der Waals surface area contributed by atoms with Crippen LogP contribution in [-0.2, 0) is 19.1 Å². The van der Waals surface area contributed by atoms with Crippen LogP contribution in [0.2, 0.25) is 0 Å². The molecule has 186 valence electrons. The minimum absolute atomic E-state index is 0.0263. The number of fused-ring (bicyclic) bond motifs is 3. The van der Waals surface area contributed by atoms with Gasteiger partial charge in [0.25, 0.3) is 0 Å². The van der Waals surface area contributed by atoms with Crippen LogP contribution in [0.1, 0.15) is 49.1 Å². The van der Waals surface area contributed by atoms with Gasteiger partial charge in [-0.25, -0.2) is 9.59 Å². The Balaban J connectivity index is 1.31. The van der Waals surface area contributed by atoms with Gasteiger partial charge in [0.15, 0.2) is 6.10 Å². The molecule has 0 spiro atoms. The van der Waals surface area contributed by atoms with E-state index < -0.39 is 18.2 Å². The molecule has 3 N–H and O–H groups in total. The number of carboxylic acids is 1. The Hall–Kier alpha value is -3.39. The van der Waals surface area contributed by atoms with E-state index in [0.717, 1.165) is 30.4 Å². The minimum atomic E-state index is -1.06. The number of benzene rings is 2. The zero-order valence-electron chi connectivity index (χ0n) is 19.9. The van der Waals surface area contributed by atoms with E-state index in [4.69, 9.17) is 14.6 Å². The number of aliphatic carboxylic acids is 1. The van der Waals surface area contributed by atoms with Gasteiger partial charge < -0.3 is 25.2 Å². The van der Waals surface area contributed by atoms with Gasteiger partial charge in [0.05, 0.1) is 0 Å². The van der Waals surface area contributed by atoms with Gasteiger partial charge >= 0.3 is 12.1 Å². The van der Waals surface area contributed by atoms with Crippen molar-refractivity contribution in [2.45, 2.75) is 50.2 Å². The maximum atomic E-state index is 12.7. The summed E-state index contributed by atoms with van der Waals surface area (Å²) in [7, 11) is 1.32. The summed E-state index contributed by atoms with van der Waals surface area (Å²) in [5, 5.41) is 14.7. The van der Waals surface area contributed by atoms with Crippen molar-refractivity contribution in [3.8, 4) is 11.1 Å². The highest BCUT2D eigenvalue weighted by atomic mass is 16.5. The zero-order chi connectivity index (χ0) is 24.8. The Kier molecular flexibility index (Phi) is 8.02. The first-order chi connectivity index (χ1) is 17.0. The van der Waals surface area contributed by atoms with Crippen molar-refractivity contribution in [2.24, 2.45) is 5.92 Å². The molecule has 0 heterocycles. The van der Waals surface area contributed by atoms with Gasteiger partial charge in [-0.15, -0.1) is 0 Å². The molecule has 8 nitrogen and oxygen atoms in total. The molecule has 2 aromatic carbocycles. The number of hydrogen-bond acceptors (Lipinski definition) is 5. The maximum Gasteiger partial charge on any atom is 0.407 e. The molecule has 1 fully saturated rings. The first-order valence-electron chi connectivity index (χ1n) is 12.1. The van der Waals surface area contributed by atoms with E-state index in [1.54, 1.807) is 0 Å². The predicted molar refractivity (Wildman–Crippen MR) is 130 cm³/mol. The van der Waals surface area contributed by atoms with Crippen LogP contribution < -0.4 is 10.6 Å². The van der Waals surface area contributed by atoms with Crippen LogP contribution in [0.5, 0.6) is 0 Å². The van der Waals surface area contributed by atoms with Crippen molar-refractivity contribution in [2.75, 3.05) is 20.3 Å². The minimum Gasteiger partial charge on any atom is -0.479 e. The molecule has 2 unspecified atom stereocenters. The second-order valence-electron chi connectivity index (χ2n) is 9.17. The lowest BCUT2D eigenvalue weighted by Crippen LogP contribution is -2.46. The van der Waals surface area contributed by atoms with Gasteiger partial charge in [-0.2, -0.15) is 0 Å². The van der Waals surface area contributed by atoms with Crippen LogP contribution in [0.25, 0.3) is 11.1 Å². The molecule has 2 atom stereocenters. The topological polar surface area (TPSA) is 114 Å². The van der Waals surface area contributed by atoms with Crippen LogP contribution in [-0.4, -0.2) is 55.5 Å². The van der Waals surface area contributed by atoms with Crippen LogP contribution in [0.15, 0.2) is 48.5 Å². The highest BCUT2D eigenvalue weighted by Crippen LogP contribution is 2.44. The number of hydrogen-bond donors (Lipinski definition) is 3. The lowest BCUT2D eigenvalue weighted by Gasteiger charge is -2.33. The van der Waals surface area contributed by atoms with Crippen LogP contribution in [0.4, 0.5) is 4.79 Å². The van der Waals surface area contributed by atoms with Crippen LogP contribution in [0.3, 0.4) is 0 Å². The maximum absolute atomic E-state index is 12.7. The number of methoxy groups -OCH3 is 1. The SMILES string of the molecule is COC(CCNC(=O)CC(NC(=O)OCC1c2ccccc2-c2ccccc21)C1CCC1)C(=O)O. The molecule has 0 radical (unpaired) electrons. The number of carbonyl (C=O) groups is 3. The van der Waals surface area contributed by atoms with Gasteiger partial charge in [-0.3, -0.25) is 4.79 Å². The predicted octanol–water partition coefficient (Wildman–Crippen LogP) is 3.69. The molecule has 4 rings (SSSR count). The summed E-state index contributed by atoms with van der Waals surface area (Å²) in [5.41, 5.74) is 4.62. The number of nitrogens with one attached hydrogen (secondary N) is 2. The van der Waals surface area contributed by atoms with Crippen molar-refractivity contribution in [3.05, 3.63) is 59.7 Å². The average Bonchev–Trinajstić information content (AvgIpc) is 3.13. The van der Waals surface area contributed by atoms with E-state index in [-0.39, 0.29) is 49.8 Å². The van der Waals surface area contributed by atoms with Gasteiger partial charge in [0.1, 0.15) is 6.61 Å². The largest absolute Gasteiger partial charge is 0.479 e. The molecule has 0 aromatic heterocycles. The van der Waals surface area contributed by atoms with Gasteiger partial charge in [0.2, 0.25) is 5.91 Å². The highest BCUT2D eigenvalue weighted by Gasteiger charge is 2.32. The fourth-order valence-electron chi connectivity index (χ4n) is 4.93. The van der Waals surface area contributed by atoms with E-state index in [1.807, 2.05) is 24.3 Å². The Morgan fingerprint density at radius 1 is 1.03 bits per heavy atom. The van der Waals surface area contributed by atoms with Gasteiger partial charge in [0, 0.05) is 38.5 Å². The third-order valence-corrected chi connectivity index (χ3v) is 7.06. The molecule has 2 aromatic rings. The van der Waals surface area contributed by atoms with E-state index in [1.165, 1.54) is 18.2 Å². The molecule has 1 saturated carbocycles. The van der Waals surface area contributed by atoms with E-state index in [9.17, 15) is 14.4 Å².